The van der Waals surface area contributed by atoms with Crippen LogP contribution in [0.1, 0.15) is 64.9 Å². The first-order valence-electron chi connectivity index (χ1n) is 8.11. The van der Waals surface area contributed by atoms with Crippen molar-refractivity contribution in [1.82, 2.24) is 5.43 Å². The van der Waals surface area contributed by atoms with E-state index in [2.05, 4.69) is 63.5 Å². The van der Waals surface area contributed by atoms with E-state index < -0.39 is 0 Å². The van der Waals surface area contributed by atoms with Crippen LogP contribution in [0.15, 0.2) is 30.3 Å². The molecule has 114 valence electrons. The van der Waals surface area contributed by atoms with Gasteiger partial charge in [0, 0.05) is 12.0 Å². The highest BCUT2D eigenvalue weighted by molar-refractivity contribution is 5.22. The molecule has 0 aliphatic heterocycles. The Morgan fingerprint density at radius 2 is 1.70 bits per heavy atom. The van der Waals surface area contributed by atoms with E-state index in [1.54, 1.807) is 0 Å². The Hall–Kier alpha value is -0.860. The summed E-state index contributed by atoms with van der Waals surface area (Å²) in [6, 6.07) is 11.2. The summed E-state index contributed by atoms with van der Waals surface area (Å²) in [5.41, 5.74) is 4.50. The lowest BCUT2D eigenvalue weighted by Crippen LogP contribution is -2.42. The molecule has 1 rings (SSSR count). The minimum absolute atomic E-state index is 0.367. The minimum atomic E-state index is 0.367. The average Bonchev–Trinajstić information content (AvgIpc) is 2.46. The highest BCUT2D eigenvalue weighted by atomic mass is 15.2. The highest BCUT2D eigenvalue weighted by Crippen LogP contribution is 2.32. The SMILES string of the molecule is CCC(C)C(c1ccccc1)C(CCCC(C)C)NN. The molecule has 1 aromatic rings. The molecule has 3 N–H and O–H groups in total. The van der Waals surface area contributed by atoms with Crippen LogP contribution < -0.4 is 11.3 Å². The number of rotatable bonds is 9. The average molecular weight is 276 g/mol. The lowest BCUT2D eigenvalue weighted by molar-refractivity contribution is 0.312. The van der Waals surface area contributed by atoms with Gasteiger partial charge in [-0.15, -0.1) is 0 Å². The van der Waals surface area contributed by atoms with Crippen molar-refractivity contribution in [2.75, 3.05) is 0 Å². The lowest BCUT2D eigenvalue weighted by atomic mass is 9.78. The first-order valence-corrected chi connectivity index (χ1v) is 8.11. The van der Waals surface area contributed by atoms with Crippen LogP contribution in [-0.4, -0.2) is 6.04 Å². The summed E-state index contributed by atoms with van der Waals surface area (Å²) in [5.74, 6) is 7.78. The molecule has 3 unspecified atom stereocenters. The summed E-state index contributed by atoms with van der Waals surface area (Å²) in [6.07, 6.45) is 4.85. The quantitative estimate of drug-likeness (QED) is 0.515. The van der Waals surface area contributed by atoms with Gasteiger partial charge in [0.2, 0.25) is 0 Å². The topological polar surface area (TPSA) is 38.0 Å². The Labute approximate surface area is 125 Å². The predicted molar refractivity (Wildman–Crippen MR) is 88.4 cm³/mol. The van der Waals surface area contributed by atoms with Crippen molar-refractivity contribution in [2.24, 2.45) is 17.7 Å². The number of benzene rings is 1. The largest absolute Gasteiger partial charge is 0.271 e. The molecule has 20 heavy (non-hydrogen) atoms. The van der Waals surface area contributed by atoms with Crippen LogP contribution in [0.5, 0.6) is 0 Å². The molecule has 0 bridgehead atoms. The summed E-state index contributed by atoms with van der Waals surface area (Å²) in [6.45, 7) is 9.18. The van der Waals surface area contributed by atoms with E-state index in [4.69, 9.17) is 5.84 Å². The van der Waals surface area contributed by atoms with Crippen molar-refractivity contribution >= 4 is 0 Å². The van der Waals surface area contributed by atoms with Gasteiger partial charge < -0.3 is 0 Å². The summed E-state index contributed by atoms with van der Waals surface area (Å²) in [5, 5.41) is 0. The summed E-state index contributed by atoms with van der Waals surface area (Å²) < 4.78 is 0. The van der Waals surface area contributed by atoms with Crippen LogP contribution in [-0.2, 0) is 0 Å². The summed E-state index contributed by atoms with van der Waals surface area (Å²) in [4.78, 5) is 0. The zero-order valence-corrected chi connectivity index (χ0v) is 13.6. The zero-order valence-electron chi connectivity index (χ0n) is 13.6. The molecule has 0 aromatic heterocycles. The van der Waals surface area contributed by atoms with E-state index in [1.165, 1.54) is 24.8 Å². The molecule has 2 heteroatoms. The maximum Gasteiger partial charge on any atom is 0.0281 e. The fourth-order valence-electron chi connectivity index (χ4n) is 3.00. The Morgan fingerprint density at radius 1 is 1.05 bits per heavy atom. The van der Waals surface area contributed by atoms with E-state index in [-0.39, 0.29) is 0 Å². The molecule has 0 heterocycles. The van der Waals surface area contributed by atoms with Crippen molar-refractivity contribution < 1.29 is 0 Å². The van der Waals surface area contributed by atoms with E-state index in [1.807, 2.05) is 0 Å². The van der Waals surface area contributed by atoms with Crippen LogP contribution >= 0.6 is 0 Å². The molecule has 0 saturated heterocycles. The smallest absolute Gasteiger partial charge is 0.0281 e. The van der Waals surface area contributed by atoms with Gasteiger partial charge >= 0.3 is 0 Å². The molecule has 0 radical (unpaired) electrons. The molecule has 1 aromatic carbocycles. The molecule has 0 saturated carbocycles. The normalized spacial score (nSPS) is 16.1. The minimum Gasteiger partial charge on any atom is -0.271 e. The van der Waals surface area contributed by atoms with Crippen molar-refractivity contribution in [2.45, 2.75) is 65.3 Å². The molecule has 0 amide bonds. The van der Waals surface area contributed by atoms with Gasteiger partial charge in [-0.3, -0.25) is 11.3 Å². The van der Waals surface area contributed by atoms with Crippen molar-refractivity contribution in [3.05, 3.63) is 35.9 Å². The summed E-state index contributed by atoms with van der Waals surface area (Å²) >= 11 is 0. The van der Waals surface area contributed by atoms with Gasteiger partial charge in [0.05, 0.1) is 0 Å². The number of hydrogen-bond acceptors (Lipinski definition) is 2. The third kappa shape index (κ3) is 5.26. The second-order valence-corrected chi connectivity index (χ2v) is 6.42. The number of hydrazine groups is 1. The lowest BCUT2D eigenvalue weighted by Gasteiger charge is -2.32. The zero-order chi connectivity index (χ0) is 15.0. The predicted octanol–water partition coefficient (Wildman–Crippen LogP) is 4.47. The molecule has 0 fully saturated rings. The fraction of sp³-hybridized carbons (Fsp3) is 0.667. The van der Waals surface area contributed by atoms with Gasteiger partial charge in [0.1, 0.15) is 0 Å². The number of nitrogens with two attached hydrogens (primary N) is 1. The fourth-order valence-corrected chi connectivity index (χ4v) is 3.00. The van der Waals surface area contributed by atoms with E-state index in [0.29, 0.717) is 17.9 Å². The Kier molecular flexibility index (Phi) is 7.86. The monoisotopic (exact) mass is 276 g/mol. The third-order valence-electron chi connectivity index (χ3n) is 4.39. The Balaban J connectivity index is 2.79. The van der Waals surface area contributed by atoms with Crippen molar-refractivity contribution in [3.63, 3.8) is 0 Å². The second kappa shape index (κ2) is 9.15. The molecular formula is C18H32N2. The molecule has 0 aliphatic rings. The molecule has 0 aliphatic carbocycles. The van der Waals surface area contributed by atoms with Gasteiger partial charge in [-0.2, -0.15) is 0 Å². The van der Waals surface area contributed by atoms with E-state index in [0.717, 1.165) is 12.3 Å². The molecular weight excluding hydrogens is 244 g/mol. The van der Waals surface area contributed by atoms with Gasteiger partial charge in [-0.25, -0.2) is 0 Å². The molecule has 3 atom stereocenters. The molecule has 2 nitrogen and oxygen atoms in total. The van der Waals surface area contributed by atoms with Crippen LogP contribution in [0.25, 0.3) is 0 Å². The maximum absolute atomic E-state index is 5.87. The van der Waals surface area contributed by atoms with E-state index >= 15 is 0 Å². The molecule has 0 spiro atoms. The standard InChI is InChI=1S/C18H32N2/c1-5-15(4)18(16-11-7-6-8-12-16)17(20-19)13-9-10-14(2)3/h6-8,11-12,14-15,17-18,20H,5,9-10,13,19H2,1-4H3. The van der Waals surface area contributed by atoms with Crippen LogP contribution in [0, 0.1) is 11.8 Å². The Bertz CT molecular complexity index is 348. The van der Waals surface area contributed by atoms with Gasteiger partial charge in [-0.1, -0.05) is 77.3 Å². The first-order chi connectivity index (χ1) is 9.60. The number of nitrogens with one attached hydrogen (secondary N) is 1. The second-order valence-electron chi connectivity index (χ2n) is 6.42. The van der Waals surface area contributed by atoms with Crippen LogP contribution in [0.3, 0.4) is 0 Å². The maximum atomic E-state index is 5.87. The highest BCUT2D eigenvalue weighted by Gasteiger charge is 2.26. The van der Waals surface area contributed by atoms with Crippen LogP contribution in [0.2, 0.25) is 0 Å². The van der Waals surface area contributed by atoms with E-state index in [9.17, 15) is 0 Å². The Morgan fingerprint density at radius 3 is 2.20 bits per heavy atom. The summed E-state index contributed by atoms with van der Waals surface area (Å²) in [7, 11) is 0. The first kappa shape index (κ1) is 17.2. The van der Waals surface area contributed by atoms with Gasteiger partial charge in [0.15, 0.2) is 0 Å². The van der Waals surface area contributed by atoms with Gasteiger partial charge in [-0.05, 0) is 23.8 Å². The van der Waals surface area contributed by atoms with Crippen LogP contribution in [0.4, 0.5) is 0 Å². The third-order valence-corrected chi connectivity index (χ3v) is 4.39. The van der Waals surface area contributed by atoms with Gasteiger partial charge in [0.25, 0.3) is 0 Å². The number of hydrogen-bond donors (Lipinski definition) is 2. The van der Waals surface area contributed by atoms with Crippen molar-refractivity contribution in [3.8, 4) is 0 Å². The van der Waals surface area contributed by atoms with Crippen molar-refractivity contribution in [1.29, 1.82) is 0 Å².